The molecular formula is C18H20N2O2. The van der Waals surface area contributed by atoms with Crippen LogP contribution in [0.25, 0.3) is 6.08 Å². The Morgan fingerprint density at radius 3 is 2.55 bits per heavy atom. The predicted octanol–water partition coefficient (Wildman–Crippen LogP) is 3.37. The second kappa shape index (κ2) is 7.98. The van der Waals surface area contributed by atoms with Gasteiger partial charge in [0, 0.05) is 18.5 Å². The second-order valence-electron chi connectivity index (χ2n) is 4.85. The third kappa shape index (κ3) is 4.74. The van der Waals surface area contributed by atoms with Gasteiger partial charge in [-0.2, -0.15) is 0 Å². The Morgan fingerprint density at radius 1 is 1.23 bits per heavy atom. The Bertz CT molecular complexity index is 621. The van der Waals surface area contributed by atoms with Crippen molar-refractivity contribution < 1.29 is 9.53 Å². The summed E-state index contributed by atoms with van der Waals surface area (Å²) in [6.45, 7) is 4.53. The molecule has 4 heteroatoms. The van der Waals surface area contributed by atoms with Crippen LogP contribution in [0.3, 0.4) is 0 Å². The highest BCUT2D eigenvalue weighted by molar-refractivity contribution is 5.91. The molecule has 1 aromatic carbocycles. The summed E-state index contributed by atoms with van der Waals surface area (Å²) in [6.07, 6.45) is 6.75. The highest BCUT2D eigenvalue weighted by atomic mass is 16.5. The van der Waals surface area contributed by atoms with Gasteiger partial charge >= 0.3 is 0 Å². The number of rotatable bonds is 6. The Balaban J connectivity index is 1.91. The van der Waals surface area contributed by atoms with Crippen molar-refractivity contribution in [1.29, 1.82) is 0 Å². The lowest BCUT2D eigenvalue weighted by Crippen LogP contribution is -2.24. The molecule has 2 rings (SSSR count). The van der Waals surface area contributed by atoms with E-state index >= 15 is 0 Å². The van der Waals surface area contributed by atoms with Crippen LogP contribution in [0, 0.1) is 0 Å². The maximum Gasteiger partial charge on any atom is 0.244 e. The average molecular weight is 296 g/mol. The van der Waals surface area contributed by atoms with E-state index in [-0.39, 0.29) is 11.9 Å². The molecule has 0 bridgehead atoms. The van der Waals surface area contributed by atoms with Crippen molar-refractivity contribution in [2.45, 2.75) is 19.9 Å². The highest BCUT2D eigenvalue weighted by Crippen LogP contribution is 2.13. The number of nitrogens with one attached hydrogen (secondary N) is 1. The molecule has 1 amide bonds. The Kier molecular flexibility index (Phi) is 5.72. The first-order chi connectivity index (χ1) is 10.7. The normalized spacial score (nSPS) is 12.1. The van der Waals surface area contributed by atoms with Gasteiger partial charge < -0.3 is 10.1 Å². The number of pyridine rings is 1. The van der Waals surface area contributed by atoms with Crippen LogP contribution >= 0.6 is 0 Å². The molecule has 0 fully saturated rings. The van der Waals surface area contributed by atoms with E-state index in [0.717, 1.165) is 16.9 Å². The molecule has 0 aliphatic heterocycles. The zero-order chi connectivity index (χ0) is 15.8. The van der Waals surface area contributed by atoms with Crippen molar-refractivity contribution in [2.75, 3.05) is 6.61 Å². The average Bonchev–Trinajstić information content (AvgIpc) is 2.55. The number of ether oxygens (including phenoxy) is 1. The molecule has 1 aromatic heterocycles. The zero-order valence-electron chi connectivity index (χ0n) is 12.8. The van der Waals surface area contributed by atoms with Crippen LogP contribution in [0.4, 0.5) is 0 Å². The molecule has 4 nitrogen and oxygen atoms in total. The molecule has 2 aromatic rings. The molecule has 0 aliphatic rings. The van der Waals surface area contributed by atoms with E-state index in [4.69, 9.17) is 4.74 Å². The van der Waals surface area contributed by atoms with Crippen molar-refractivity contribution in [2.24, 2.45) is 0 Å². The van der Waals surface area contributed by atoms with Crippen molar-refractivity contribution in [3.8, 4) is 5.75 Å². The van der Waals surface area contributed by atoms with Crippen molar-refractivity contribution in [3.05, 3.63) is 66.0 Å². The maximum absolute atomic E-state index is 11.9. The Hall–Kier alpha value is -2.62. The smallest absolute Gasteiger partial charge is 0.244 e. The van der Waals surface area contributed by atoms with Crippen molar-refractivity contribution >= 4 is 12.0 Å². The fourth-order valence-corrected chi connectivity index (χ4v) is 2.01. The summed E-state index contributed by atoms with van der Waals surface area (Å²) in [5.41, 5.74) is 1.98. The number of benzene rings is 1. The predicted molar refractivity (Wildman–Crippen MR) is 87.4 cm³/mol. The number of aromatic nitrogens is 1. The molecule has 0 radical (unpaired) electrons. The lowest BCUT2D eigenvalue weighted by atomic mass is 10.1. The third-order valence-corrected chi connectivity index (χ3v) is 3.18. The topological polar surface area (TPSA) is 51.2 Å². The van der Waals surface area contributed by atoms with Gasteiger partial charge in [0.05, 0.1) is 12.6 Å². The molecular weight excluding hydrogens is 276 g/mol. The van der Waals surface area contributed by atoms with E-state index in [0.29, 0.717) is 6.61 Å². The van der Waals surface area contributed by atoms with Crippen molar-refractivity contribution in [1.82, 2.24) is 10.3 Å². The van der Waals surface area contributed by atoms with E-state index in [2.05, 4.69) is 10.3 Å². The van der Waals surface area contributed by atoms with Gasteiger partial charge in [0.1, 0.15) is 5.75 Å². The molecule has 1 atom stereocenters. The summed E-state index contributed by atoms with van der Waals surface area (Å²) in [5, 5.41) is 2.92. The molecule has 22 heavy (non-hydrogen) atoms. The van der Waals surface area contributed by atoms with Gasteiger partial charge in [-0.25, -0.2) is 0 Å². The van der Waals surface area contributed by atoms with E-state index in [1.807, 2.05) is 50.2 Å². The van der Waals surface area contributed by atoms with Crippen LogP contribution in [0.1, 0.15) is 31.0 Å². The monoisotopic (exact) mass is 296 g/mol. The largest absolute Gasteiger partial charge is 0.494 e. The first kappa shape index (κ1) is 15.8. The number of hydrogen-bond donors (Lipinski definition) is 1. The summed E-state index contributed by atoms with van der Waals surface area (Å²) in [6, 6.07) is 11.3. The summed E-state index contributed by atoms with van der Waals surface area (Å²) in [4.78, 5) is 15.9. The molecule has 0 saturated carbocycles. The van der Waals surface area contributed by atoms with Gasteiger partial charge in [-0.05, 0) is 55.3 Å². The van der Waals surface area contributed by atoms with Crippen molar-refractivity contribution in [3.63, 3.8) is 0 Å². The van der Waals surface area contributed by atoms with Crippen LogP contribution in [0.15, 0.2) is 54.9 Å². The fourth-order valence-electron chi connectivity index (χ4n) is 2.01. The summed E-state index contributed by atoms with van der Waals surface area (Å²) < 4.78 is 5.38. The van der Waals surface area contributed by atoms with Gasteiger partial charge in [-0.3, -0.25) is 9.78 Å². The lowest BCUT2D eigenvalue weighted by Gasteiger charge is -2.12. The highest BCUT2D eigenvalue weighted by Gasteiger charge is 2.06. The number of carbonyl (C=O) groups is 1. The minimum atomic E-state index is -0.127. The van der Waals surface area contributed by atoms with Gasteiger partial charge in [-0.15, -0.1) is 0 Å². The summed E-state index contributed by atoms with van der Waals surface area (Å²) in [7, 11) is 0. The number of nitrogens with zero attached hydrogens (tertiary/aromatic N) is 1. The number of amides is 1. The zero-order valence-corrected chi connectivity index (χ0v) is 12.8. The minimum Gasteiger partial charge on any atom is -0.494 e. The van der Waals surface area contributed by atoms with Crippen LogP contribution < -0.4 is 10.1 Å². The SMILES string of the molecule is CCOc1ccc(/C=C/C(=O)NC(C)c2ccncc2)cc1. The summed E-state index contributed by atoms with van der Waals surface area (Å²) in [5.74, 6) is 0.702. The van der Waals surface area contributed by atoms with Gasteiger partial charge in [0.15, 0.2) is 0 Å². The molecule has 1 N–H and O–H groups in total. The van der Waals surface area contributed by atoms with Crippen LogP contribution in [0.2, 0.25) is 0 Å². The quantitative estimate of drug-likeness (QED) is 0.831. The number of carbonyl (C=O) groups excluding carboxylic acids is 1. The molecule has 1 unspecified atom stereocenters. The minimum absolute atomic E-state index is 0.0551. The summed E-state index contributed by atoms with van der Waals surface area (Å²) >= 11 is 0. The molecule has 114 valence electrons. The maximum atomic E-state index is 11.9. The van der Waals surface area contributed by atoms with Gasteiger partial charge in [0.25, 0.3) is 0 Å². The van der Waals surface area contributed by atoms with Crippen LogP contribution in [-0.2, 0) is 4.79 Å². The second-order valence-corrected chi connectivity index (χ2v) is 4.85. The molecule has 0 saturated heterocycles. The van der Waals surface area contributed by atoms with Gasteiger partial charge in [0.2, 0.25) is 5.91 Å². The first-order valence-electron chi connectivity index (χ1n) is 7.30. The van der Waals surface area contributed by atoms with Crippen LogP contribution in [-0.4, -0.2) is 17.5 Å². The Labute approximate surface area is 130 Å². The van der Waals surface area contributed by atoms with E-state index < -0.39 is 0 Å². The number of hydrogen-bond acceptors (Lipinski definition) is 3. The van der Waals surface area contributed by atoms with Crippen LogP contribution in [0.5, 0.6) is 5.75 Å². The lowest BCUT2D eigenvalue weighted by molar-refractivity contribution is -0.117. The molecule has 0 aliphatic carbocycles. The fraction of sp³-hybridized carbons (Fsp3) is 0.222. The Morgan fingerprint density at radius 2 is 1.91 bits per heavy atom. The van der Waals surface area contributed by atoms with E-state index in [1.54, 1.807) is 18.5 Å². The third-order valence-electron chi connectivity index (χ3n) is 3.18. The first-order valence-corrected chi connectivity index (χ1v) is 7.30. The van der Waals surface area contributed by atoms with E-state index in [1.165, 1.54) is 6.08 Å². The standard InChI is InChI=1S/C18H20N2O2/c1-3-22-17-7-4-15(5-8-17)6-9-18(21)20-14(2)16-10-12-19-13-11-16/h4-14H,3H2,1-2H3,(H,20,21)/b9-6+. The van der Waals surface area contributed by atoms with Gasteiger partial charge in [-0.1, -0.05) is 12.1 Å². The molecule has 0 spiro atoms. The van der Waals surface area contributed by atoms with E-state index in [9.17, 15) is 4.79 Å². The molecule has 1 heterocycles.